The predicted molar refractivity (Wildman–Crippen MR) is 99.2 cm³/mol. The highest BCUT2D eigenvalue weighted by atomic mass is 16.5. The number of aliphatic hydroxyl groups excluding tert-OH is 2. The quantitative estimate of drug-likeness (QED) is 0.675. The van der Waals surface area contributed by atoms with Gasteiger partial charge in [-0.1, -0.05) is 30.3 Å². The molecule has 3 N–H and O–H groups in total. The summed E-state index contributed by atoms with van der Waals surface area (Å²) < 4.78 is 7.35. The first-order valence-electron chi connectivity index (χ1n) is 8.70. The largest absolute Gasteiger partial charge is 0.388 e. The minimum atomic E-state index is -1.02. The van der Waals surface area contributed by atoms with Crippen LogP contribution in [0.1, 0.15) is 40.2 Å². The van der Waals surface area contributed by atoms with Gasteiger partial charge in [-0.15, -0.1) is 0 Å². The number of nitrogens with one attached hydrogen (secondary N) is 1. The summed E-state index contributed by atoms with van der Waals surface area (Å²) in [4.78, 5) is 4.68. The number of fused-ring (bicyclic) bond motifs is 3. The zero-order chi connectivity index (χ0) is 18.4. The number of anilines is 1. The normalized spacial score (nSPS) is 22.3. The van der Waals surface area contributed by atoms with Gasteiger partial charge < -0.3 is 24.7 Å². The van der Waals surface area contributed by atoms with E-state index in [1.807, 2.05) is 54.8 Å². The van der Waals surface area contributed by atoms with E-state index in [4.69, 9.17) is 4.74 Å². The predicted octanol–water partition coefficient (Wildman–Crippen LogP) is 2.66. The van der Waals surface area contributed by atoms with Crippen LogP contribution in [-0.4, -0.2) is 32.8 Å². The highest BCUT2D eigenvalue weighted by Gasteiger charge is 2.38. The van der Waals surface area contributed by atoms with Crippen LogP contribution in [0.4, 0.5) is 5.69 Å². The van der Waals surface area contributed by atoms with Gasteiger partial charge in [-0.05, 0) is 19.4 Å². The number of nitrogens with zero attached hydrogens (tertiary/aromatic N) is 2. The zero-order valence-electron chi connectivity index (χ0n) is 15.1. The fourth-order valence-electron chi connectivity index (χ4n) is 3.75. The highest BCUT2D eigenvalue weighted by molar-refractivity contribution is 5.77. The van der Waals surface area contributed by atoms with Crippen LogP contribution in [0.2, 0.25) is 0 Å². The van der Waals surface area contributed by atoms with E-state index in [-0.39, 0.29) is 0 Å². The lowest BCUT2D eigenvalue weighted by molar-refractivity contribution is 0.000590. The van der Waals surface area contributed by atoms with Crippen molar-refractivity contribution in [3.8, 4) is 0 Å². The molecule has 4 rings (SSSR count). The molecule has 1 aliphatic rings. The third kappa shape index (κ3) is 2.49. The van der Waals surface area contributed by atoms with E-state index in [0.717, 1.165) is 33.8 Å². The summed E-state index contributed by atoms with van der Waals surface area (Å²) in [5.41, 5.74) is 5.88. The van der Waals surface area contributed by atoms with E-state index >= 15 is 0 Å². The maximum atomic E-state index is 10.9. The van der Waals surface area contributed by atoms with Crippen molar-refractivity contribution in [2.75, 3.05) is 12.4 Å². The molecule has 2 aromatic heterocycles. The second kappa shape index (κ2) is 6.39. The van der Waals surface area contributed by atoms with E-state index in [0.29, 0.717) is 12.2 Å². The standard InChI is InChI=1S/C20H23N3O3/c1-11-12(2)23-9-14(10-26-3)15-17(20(23)21-11)22-16(19(25)18(15)24)13-7-5-4-6-8-13/h4-9,16,18-19,22,24-25H,10H2,1-3H3/t16-,18-,19-/m1/s1. The Labute approximate surface area is 152 Å². The first-order chi connectivity index (χ1) is 12.5. The second-order valence-corrected chi connectivity index (χ2v) is 6.82. The Hall–Kier alpha value is -2.41. The van der Waals surface area contributed by atoms with Crippen molar-refractivity contribution < 1.29 is 14.9 Å². The summed E-state index contributed by atoms with van der Waals surface area (Å²) in [6, 6.07) is 9.24. The molecule has 1 aromatic carbocycles. The summed E-state index contributed by atoms with van der Waals surface area (Å²) in [6.45, 7) is 4.32. The van der Waals surface area contributed by atoms with Gasteiger partial charge in [0.25, 0.3) is 0 Å². The minimum absolute atomic E-state index is 0.344. The summed E-state index contributed by atoms with van der Waals surface area (Å²) in [7, 11) is 1.62. The molecular weight excluding hydrogens is 330 g/mol. The van der Waals surface area contributed by atoms with Crippen LogP contribution in [-0.2, 0) is 11.3 Å². The summed E-state index contributed by atoms with van der Waals surface area (Å²) in [5, 5.41) is 25.1. The van der Waals surface area contributed by atoms with Gasteiger partial charge in [-0.3, -0.25) is 0 Å². The number of benzene rings is 1. The first kappa shape index (κ1) is 17.0. The van der Waals surface area contributed by atoms with Crippen molar-refractivity contribution in [1.82, 2.24) is 9.38 Å². The Kier molecular flexibility index (Phi) is 4.19. The molecule has 136 valence electrons. The van der Waals surface area contributed by atoms with Crippen LogP contribution in [0.3, 0.4) is 0 Å². The fourth-order valence-corrected chi connectivity index (χ4v) is 3.75. The Morgan fingerprint density at radius 2 is 1.92 bits per heavy atom. The molecule has 6 heteroatoms. The maximum absolute atomic E-state index is 10.9. The topological polar surface area (TPSA) is 79.0 Å². The Bertz CT molecular complexity index is 952. The Morgan fingerprint density at radius 3 is 2.62 bits per heavy atom. The van der Waals surface area contributed by atoms with E-state index in [9.17, 15) is 10.2 Å². The van der Waals surface area contributed by atoms with Crippen molar-refractivity contribution in [2.24, 2.45) is 0 Å². The number of aromatic nitrogens is 2. The van der Waals surface area contributed by atoms with Crippen molar-refractivity contribution in [3.05, 3.63) is 64.6 Å². The SMILES string of the molecule is COCc1cn2c(C)c(C)nc2c2c1[C@@H](O)[C@H](O)[C@@H](c1ccccc1)N2. The van der Waals surface area contributed by atoms with Crippen molar-refractivity contribution in [2.45, 2.75) is 38.7 Å². The number of hydrogen-bond acceptors (Lipinski definition) is 5. The van der Waals surface area contributed by atoms with Gasteiger partial charge in [0.05, 0.1) is 24.0 Å². The molecule has 0 saturated heterocycles. The van der Waals surface area contributed by atoms with E-state index in [2.05, 4.69) is 10.3 Å². The van der Waals surface area contributed by atoms with Gasteiger partial charge in [-0.25, -0.2) is 4.98 Å². The molecule has 3 aromatic rings. The Balaban J connectivity index is 1.95. The number of pyridine rings is 1. The highest BCUT2D eigenvalue weighted by Crippen LogP contribution is 2.43. The lowest BCUT2D eigenvalue weighted by atomic mass is 9.87. The molecule has 0 spiro atoms. The maximum Gasteiger partial charge on any atom is 0.161 e. The number of rotatable bonds is 3. The summed E-state index contributed by atoms with van der Waals surface area (Å²) >= 11 is 0. The molecule has 0 unspecified atom stereocenters. The van der Waals surface area contributed by atoms with Crippen molar-refractivity contribution >= 4 is 11.3 Å². The number of methoxy groups -OCH3 is 1. The fraction of sp³-hybridized carbons (Fsp3) is 0.350. The number of imidazole rings is 1. The third-order valence-electron chi connectivity index (χ3n) is 5.23. The molecule has 0 aliphatic carbocycles. The minimum Gasteiger partial charge on any atom is -0.388 e. The number of hydrogen-bond donors (Lipinski definition) is 3. The smallest absolute Gasteiger partial charge is 0.161 e. The van der Waals surface area contributed by atoms with Gasteiger partial charge in [0.15, 0.2) is 5.65 Å². The van der Waals surface area contributed by atoms with Crippen molar-refractivity contribution in [1.29, 1.82) is 0 Å². The molecule has 26 heavy (non-hydrogen) atoms. The molecule has 3 heterocycles. The lowest BCUT2D eigenvalue weighted by Gasteiger charge is -2.37. The van der Waals surface area contributed by atoms with Crippen LogP contribution in [0.15, 0.2) is 36.5 Å². The zero-order valence-corrected chi connectivity index (χ0v) is 15.1. The van der Waals surface area contributed by atoms with Gasteiger partial charge in [0.2, 0.25) is 0 Å². The van der Waals surface area contributed by atoms with Gasteiger partial charge in [0.1, 0.15) is 12.2 Å². The lowest BCUT2D eigenvalue weighted by Crippen LogP contribution is -2.37. The average Bonchev–Trinajstić information content (AvgIpc) is 2.93. The molecule has 3 atom stereocenters. The molecule has 0 amide bonds. The van der Waals surface area contributed by atoms with E-state index in [1.54, 1.807) is 7.11 Å². The molecule has 0 radical (unpaired) electrons. The van der Waals surface area contributed by atoms with Crippen LogP contribution >= 0.6 is 0 Å². The summed E-state index contributed by atoms with van der Waals surface area (Å²) in [6.07, 6.45) is -0.0583. The molecule has 1 aliphatic heterocycles. The number of aliphatic hydroxyl groups is 2. The van der Waals surface area contributed by atoms with Crippen molar-refractivity contribution in [3.63, 3.8) is 0 Å². The number of aryl methyl sites for hydroxylation is 2. The van der Waals surface area contributed by atoms with Gasteiger partial charge in [-0.2, -0.15) is 0 Å². The number of ether oxygens (including phenoxy) is 1. The summed E-state index contributed by atoms with van der Waals surface area (Å²) in [5.74, 6) is 0. The molecular formula is C20H23N3O3. The second-order valence-electron chi connectivity index (χ2n) is 6.82. The van der Waals surface area contributed by atoms with E-state index in [1.165, 1.54) is 0 Å². The van der Waals surface area contributed by atoms with Gasteiger partial charge >= 0.3 is 0 Å². The average molecular weight is 353 g/mol. The first-order valence-corrected chi connectivity index (χ1v) is 8.70. The molecule has 0 saturated carbocycles. The third-order valence-corrected chi connectivity index (χ3v) is 5.23. The van der Waals surface area contributed by atoms with E-state index < -0.39 is 18.2 Å². The molecule has 0 fully saturated rings. The van der Waals surface area contributed by atoms with Crippen LogP contribution in [0.25, 0.3) is 5.65 Å². The van der Waals surface area contributed by atoms with Crippen LogP contribution in [0, 0.1) is 13.8 Å². The molecule has 0 bridgehead atoms. The molecule has 6 nitrogen and oxygen atoms in total. The Morgan fingerprint density at radius 1 is 1.19 bits per heavy atom. The monoisotopic (exact) mass is 353 g/mol. The van der Waals surface area contributed by atoms with Gasteiger partial charge in [0, 0.05) is 30.1 Å². The van der Waals surface area contributed by atoms with Crippen LogP contribution in [0.5, 0.6) is 0 Å². The van der Waals surface area contributed by atoms with Crippen LogP contribution < -0.4 is 5.32 Å².